The molecule has 0 aliphatic rings. The molecule has 1 unspecified atom stereocenters. The second-order valence-corrected chi connectivity index (χ2v) is 3.87. The summed E-state index contributed by atoms with van der Waals surface area (Å²) in [5.74, 6) is 1.48. The summed E-state index contributed by atoms with van der Waals surface area (Å²) in [6.45, 7) is 7.97. The van der Waals surface area contributed by atoms with Crippen molar-refractivity contribution in [2.24, 2.45) is 0 Å². The van der Waals surface area contributed by atoms with Gasteiger partial charge in [0.25, 0.3) is 0 Å². The zero-order chi connectivity index (χ0) is 13.4. The standard InChI is InChI=1S/C14H23NO3/c1-4-15-12(10-16)11-7-8-13(17-5-2)14(9-11)18-6-3/h7-9,12,15-16H,4-6,10H2,1-3H3. The van der Waals surface area contributed by atoms with Crippen LogP contribution in [0, 0.1) is 0 Å². The lowest BCUT2D eigenvalue weighted by atomic mass is 10.1. The van der Waals surface area contributed by atoms with E-state index in [0.717, 1.165) is 23.6 Å². The lowest BCUT2D eigenvalue weighted by Gasteiger charge is -2.18. The fraction of sp³-hybridized carbons (Fsp3) is 0.571. The Kier molecular flexibility index (Phi) is 6.54. The van der Waals surface area contributed by atoms with Crippen LogP contribution in [-0.4, -0.2) is 31.5 Å². The molecule has 0 saturated heterocycles. The van der Waals surface area contributed by atoms with Crippen molar-refractivity contribution in [3.63, 3.8) is 0 Å². The van der Waals surface area contributed by atoms with Crippen LogP contribution >= 0.6 is 0 Å². The molecule has 18 heavy (non-hydrogen) atoms. The molecule has 0 amide bonds. The number of hydrogen-bond acceptors (Lipinski definition) is 4. The van der Waals surface area contributed by atoms with Crippen molar-refractivity contribution in [2.45, 2.75) is 26.8 Å². The molecular weight excluding hydrogens is 230 g/mol. The van der Waals surface area contributed by atoms with Crippen LogP contribution in [0.1, 0.15) is 32.4 Å². The highest BCUT2D eigenvalue weighted by Crippen LogP contribution is 2.30. The predicted molar refractivity (Wildman–Crippen MR) is 72.3 cm³/mol. The summed E-state index contributed by atoms with van der Waals surface area (Å²) in [7, 11) is 0. The van der Waals surface area contributed by atoms with E-state index in [1.165, 1.54) is 0 Å². The van der Waals surface area contributed by atoms with Crippen LogP contribution in [0.5, 0.6) is 11.5 Å². The van der Waals surface area contributed by atoms with Gasteiger partial charge in [0.1, 0.15) is 0 Å². The fourth-order valence-electron chi connectivity index (χ4n) is 1.82. The first-order valence-electron chi connectivity index (χ1n) is 6.50. The molecule has 0 spiro atoms. The van der Waals surface area contributed by atoms with Gasteiger partial charge in [-0.05, 0) is 38.1 Å². The Bertz CT molecular complexity index is 355. The SMILES string of the molecule is CCNC(CO)c1ccc(OCC)c(OCC)c1. The third kappa shape index (κ3) is 3.89. The molecule has 1 atom stereocenters. The van der Waals surface area contributed by atoms with E-state index in [-0.39, 0.29) is 12.6 Å². The lowest BCUT2D eigenvalue weighted by molar-refractivity contribution is 0.245. The Morgan fingerprint density at radius 1 is 1.11 bits per heavy atom. The van der Waals surface area contributed by atoms with Gasteiger partial charge in [0.2, 0.25) is 0 Å². The van der Waals surface area contributed by atoms with Gasteiger partial charge in [-0.3, -0.25) is 0 Å². The average molecular weight is 253 g/mol. The average Bonchev–Trinajstić information content (AvgIpc) is 2.38. The van der Waals surface area contributed by atoms with E-state index in [1.54, 1.807) is 0 Å². The summed E-state index contributed by atoms with van der Waals surface area (Å²) in [6.07, 6.45) is 0. The highest BCUT2D eigenvalue weighted by molar-refractivity contribution is 5.44. The normalized spacial score (nSPS) is 12.2. The Morgan fingerprint density at radius 3 is 2.33 bits per heavy atom. The van der Waals surface area contributed by atoms with Crippen molar-refractivity contribution < 1.29 is 14.6 Å². The zero-order valence-electron chi connectivity index (χ0n) is 11.4. The van der Waals surface area contributed by atoms with Crippen LogP contribution in [-0.2, 0) is 0 Å². The molecule has 2 N–H and O–H groups in total. The van der Waals surface area contributed by atoms with Gasteiger partial charge in [-0.1, -0.05) is 13.0 Å². The molecule has 102 valence electrons. The highest BCUT2D eigenvalue weighted by Gasteiger charge is 2.12. The maximum Gasteiger partial charge on any atom is 0.161 e. The minimum atomic E-state index is -0.0649. The molecular formula is C14H23NO3. The Labute approximate surface area is 109 Å². The largest absolute Gasteiger partial charge is 0.490 e. The van der Waals surface area contributed by atoms with Crippen molar-refractivity contribution in [3.05, 3.63) is 23.8 Å². The first-order valence-corrected chi connectivity index (χ1v) is 6.50. The van der Waals surface area contributed by atoms with Gasteiger partial charge in [0, 0.05) is 0 Å². The van der Waals surface area contributed by atoms with Gasteiger partial charge in [0.15, 0.2) is 11.5 Å². The Hall–Kier alpha value is -1.26. The third-order valence-corrected chi connectivity index (χ3v) is 2.60. The van der Waals surface area contributed by atoms with Crippen LogP contribution < -0.4 is 14.8 Å². The summed E-state index contributed by atoms with van der Waals surface area (Å²) in [5.41, 5.74) is 1.01. The van der Waals surface area contributed by atoms with Gasteiger partial charge < -0.3 is 19.9 Å². The smallest absolute Gasteiger partial charge is 0.161 e. The van der Waals surface area contributed by atoms with E-state index in [1.807, 2.05) is 39.0 Å². The molecule has 0 saturated carbocycles. The van der Waals surface area contributed by atoms with Gasteiger partial charge in [-0.25, -0.2) is 0 Å². The van der Waals surface area contributed by atoms with E-state index in [2.05, 4.69) is 5.32 Å². The molecule has 4 heteroatoms. The van der Waals surface area contributed by atoms with Crippen LogP contribution in [0.4, 0.5) is 0 Å². The van der Waals surface area contributed by atoms with E-state index in [0.29, 0.717) is 13.2 Å². The molecule has 0 aromatic heterocycles. The van der Waals surface area contributed by atoms with Crippen molar-refractivity contribution in [1.82, 2.24) is 5.32 Å². The van der Waals surface area contributed by atoms with Gasteiger partial charge in [-0.2, -0.15) is 0 Å². The molecule has 0 radical (unpaired) electrons. The predicted octanol–water partition coefficient (Wildman–Crippen LogP) is 2.13. The number of aliphatic hydroxyl groups excluding tert-OH is 1. The van der Waals surface area contributed by atoms with Gasteiger partial charge in [-0.15, -0.1) is 0 Å². The molecule has 0 bridgehead atoms. The maximum atomic E-state index is 9.37. The quantitative estimate of drug-likeness (QED) is 0.745. The summed E-state index contributed by atoms with van der Waals surface area (Å²) < 4.78 is 11.1. The van der Waals surface area contributed by atoms with E-state index < -0.39 is 0 Å². The molecule has 1 rings (SSSR count). The summed E-state index contributed by atoms with van der Waals surface area (Å²) in [6, 6.07) is 5.71. The minimum absolute atomic E-state index is 0.0629. The number of aliphatic hydroxyl groups is 1. The zero-order valence-corrected chi connectivity index (χ0v) is 11.4. The highest BCUT2D eigenvalue weighted by atomic mass is 16.5. The van der Waals surface area contributed by atoms with Crippen molar-refractivity contribution >= 4 is 0 Å². The third-order valence-electron chi connectivity index (χ3n) is 2.60. The number of nitrogens with one attached hydrogen (secondary N) is 1. The molecule has 0 fully saturated rings. The summed E-state index contributed by atoms with van der Waals surface area (Å²) in [5, 5.41) is 12.6. The van der Waals surface area contributed by atoms with Crippen molar-refractivity contribution in [2.75, 3.05) is 26.4 Å². The molecule has 0 aliphatic heterocycles. The van der Waals surface area contributed by atoms with Crippen LogP contribution in [0.15, 0.2) is 18.2 Å². The fourth-order valence-corrected chi connectivity index (χ4v) is 1.82. The topological polar surface area (TPSA) is 50.7 Å². The number of hydrogen-bond donors (Lipinski definition) is 2. The molecule has 0 heterocycles. The maximum absolute atomic E-state index is 9.37. The second kappa shape index (κ2) is 7.95. The van der Waals surface area contributed by atoms with E-state index in [9.17, 15) is 5.11 Å². The van der Waals surface area contributed by atoms with Crippen LogP contribution in [0.25, 0.3) is 0 Å². The second-order valence-electron chi connectivity index (χ2n) is 3.87. The monoisotopic (exact) mass is 253 g/mol. The Balaban J connectivity index is 2.96. The van der Waals surface area contributed by atoms with E-state index >= 15 is 0 Å². The van der Waals surface area contributed by atoms with Gasteiger partial charge in [0.05, 0.1) is 25.9 Å². The number of rotatable bonds is 8. The van der Waals surface area contributed by atoms with Crippen molar-refractivity contribution in [1.29, 1.82) is 0 Å². The molecule has 1 aromatic rings. The number of benzene rings is 1. The number of likely N-dealkylation sites (N-methyl/N-ethyl adjacent to an activating group) is 1. The minimum Gasteiger partial charge on any atom is -0.490 e. The first-order chi connectivity index (χ1) is 8.76. The van der Waals surface area contributed by atoms with Crippen LogP contribution in [0.3, 0.4) is 0 Å². The lowest BCUT2D eigenvalue weighted by Crippen LogP contribution is -2.24. The summed E-state index contributed by atoms with van der Waals surface area (Å²) >= 11 is 0. The molecule has 4 nitrogen and oxygen atoms in total. The summed E-state index contributed by atoms with van der Waals surface area (Å²) in [4.78, 5) is 0. The first kappa shape index (κ1) is 14.8. The molecule has 1 aromatic carbocycles. The van der Waals surface area contributed by atoms with Crippen molar-refractivity contribution in [3.8, 4) is 11.5 Å². The van der Waals surface area contributed by atoms with Gasteiger partial charge >= 0.3 is 0 Å². The van der Waals surface area contributed by atoms with E-state index in [4.69, 9.17) is 9.47 Å². The number of ether oxygens (including phenoxy) is 2. The Morgan fingerprint density at radius 2 is 1.78 bits per heavy atom. The molecule has 0 aliphatic carbocycles. The van der Waals surface area contributed by atoms with Crippen LogP contribution in [0.2, 0.25) is 0 Å².